The lowest BCUT2D eigenvalue weighted by atomic mass is 9.80. The Morgan fingerprint density at radius 2 is 1.42 bits per heavy atom. The normalized spacial score (nSPS) is 13.9. The van der Waals surface area contributed by atoms with Crippen molar-refractivity contribution in [3.05, 3.63) is 143 Å². The summed E-state index contributed by atoms with van der Waals surface area (Å²) in [6.07, 6.45) is 1.09. The van der Waals surface area contributed by atoms with Crippen LogP contribution < -0.4 is 5.32 Å². The topological polar surface area (TPSA) is 69.6 Å². The lowest BCUT2D eigenvalue weighted by Crippen LogP contribution is -2.49. The minimum atomic E-state index is -1.40. The van der Waals surface area contributed by atoms with Crippen LogP contribution in [0.25, 0.3) is 0 Å². The number of amides is 2. The maximum Gasteiger partial charge on any atom is 0.251 e. The molecule has 2 N–H and O–H groups in total. The van der Waals surface area contributed by atoms with Crippen LogP contribution in [0.1, 0.15) is 45.1 Å². The molecule has 0 fully saturated rings. The lowest BCUT2D eigenvalue weighted by molar-refractivity contribution is -0.131. The zero-order valence-corrected chi connectivity index (χ0v) is 21.5. The molecule has 5 nitrogen and oxygen atoms in total. The number of hydrogen-bond acceptors (Lipinski definition) is 3. The van der Waals surface area contributed by atoms with Gasteiger partial charge >= 0.3 is 0 Å². The Labute approximate surface area is 223 Å². The first-order valence-corrected chi connectivity index (χ1v) is 13.0. The maximum absolute atomic E-state index is 13.3. The molecule has 2 amide bonds. The van der Waals surface area contributed by atoms with Crippen LogP contribution >= 0.6 is 0 Å². The van der Waals surface area contributed by atoms with Gasteiger partial charge in [-0.1, -0.05) is 97.1 Å². The number of carbonyl (C=O) groups excluding carboxylic acids is 2. The van der Waals surface area contributed by atoms with E-state index < -0.39 is 11.6 Å². The number of carbonyl (C=O) groups is 2. The van der Waals surface area contributed by atoms with E-state index in [2.05, 4.69) is 5.32 Å². The van der Waals surface area contributed by atoms with Gasteiger partial charge in [-0.2, -0.15) is 0 Å². The third-order valence-corrected chi connectivity index (χ3v) is 7.43. The van der Waals surface area contributed by atoms with Crippen molar-refractivity contribution in [2.45, 2.75) is 38.0 Å². The largest absolute Gasteiger partial charge is 0.378 e. The first-order valence-electron chi connectivity index (χ1n) is 13.0. The minimum absolute atomic E-state index is 0.110. The van der Waals surface area contributed by atoms with Crippen LogP contribution in [-0.2, 0) is 29.8 Å². The van der Waals surface area contributed by atoms with Crippen LogP contribution in [0.3, 0.4) is 0 Å². The molecule has 0 unspecified atom stereocenters. The molecule has 0 aromatic heterocycles. The Bertz CT molecular complexity index is 1360. The van der Waals surface area contributed by atoms with E-state index in [1.807, 2.05) is 115 Å². The van der Waals surface area contributed by atoms with Crippen LogP contribution in [0, 0.1) is 0 Å². The van der Waals surface area contributed by atoms with Gasteiger partial charge in [0.15, 0.2) is 0 Å². The fraction of sp³-hybridized carbons (Fsp3) is 0.212. The van der Waals surface area contributed by atoms with Crippen LogP contribution in [0.15, 0.2) is 109 Å². The van der Waals surface area contributed by atoms with Gasteiger partial charge in [-0.05, 0) is 53.3 Å². The molecule has 38 heavy (non-hydrogen) atoms. The monoisotopic (exact) mass is 504 g/mol. The van der Waals surface area contributed by atoms with Crippen molar-refractivity contribution in [3.8, 4) is 0 Å². The Morgan fingerprint density at radius 3 is 2.03 bits per heavy atom. The third-order valence-electron chi connectivity index (χ3n) is 7.43. The molecule has 1 atom stereocenters. The number of nitrogens with zero attached hydrogens (tertiary/aromatic N) is 1. The standard InChI is InChI=1S/C33H32N2O3/c1-24(33(38,29-13-7-3-8-14-29)30-15-9-4-10-16-30)34-32(37)27-17-18-28-23-35(20-19-26(28)22-27)31(36)21-25-11-5-2-6-12-25/h2-18,22,24,38H,19-21,23H2,1H3,(H,34,37)/t24-/m0/s1. The molecule has 5 heteroatoms. The highest BCUT2D eigenvalue weighted by Crippen LogP contribution is 2.33. The van der Waals surface area contributed by atoms with Gasteiger partial charge in [0.2, 0.25) is 5.91 Å². The van der Waals surface area contributed by atoms with Gasteiger partial charge in [-0.15, -0.1) is 0 Å². The lowest BCUT2D eigenvalue weighted by Gasteiger charge is -2.36. The summed E-state index contributed by atoms with van der Waals surface area (Å²) >= 11 is 0. The van der Waals surface area contributed by atoms with Crippen molar-refractivity contribution in [2.75, 3.05) is 6.54 Å². The van der Waals surface area contributed by atoms with Crippen molar-refractivity contribution < 1.29 is 14.7 Å². The molecule has 192 valence electrons. The van der Waals surface area contributed by atoms with Crippen LogP contribution in [-0.4, -0.2) is 34.4 Å². The second-order valence-corrected chi connectivity index (χ2v) is 9.90. The smallest absolute Gasteiger partial charge is 0.251 e. The molecule has 4 aromatic carbocycles. The maximum atomic E-state index is 13.3. The Hall–Kier alpha value is -4.22. The second-order valence-electron chi connectivity index (χ2n) is 9.90. The van der Waals surface area contributed by atoms with Crippen LogP contribution in [0.5, 0.6) is 0 Å². The highest BCUT2D eigenvalue weighted by atomic mass is 16.3. The van der Waals surface area contributed by atoms with E-state index in [4.69, 9.17) is 0 Å². The van der Waals surface area contributed by atoms with Gasteiger partial charge < -0.3 is 15.3 Å². The summed E-state index contributed by atoms with van der Waals surface area (Å²) in [6.45, 7) is 3.00. The molecule has 0 saturated heterocycles. The zero-order valence-electron chi connectivity index (χ0n) is 21.5. The molecule has 1 heterocycles. The molecule has 0 radical (unpaired) electrons. The van der Waals surface area contributed by atoms with E-state index in [1.54, 1.807) is 6.07 Å². The first kappa shape index (κ1) is 25.4. The van der Waals surface area contributed by atoms with E-state index in [0.29, 0.717) is 42.6 Å². The average Bonchev–Trinajstić information content (AvgIpc) is 2.97. The number of hydrogen-bond donors (Lipinski definition) is 2. The first-order chi connectivity index (χ1) is 18.4. The number of nitrogens with one attached hydrogen (secondary N) is 1. The van der Waals surface area contributed by atoms with Crippen molar-refractivity contribution in [1.29, 1.82) is 0 Å². The number of rotatable bonds is 7. The molecule has 4 aromatic rings. The summed E-state index contributed by atoms with van der Waals surface area (Å²) in [5, 5.41) is 15.0. The van der Waals surface area contributed by atoms with Gasteiger partial charge in [0, 0.05) is 18.7 Å². The van der Waals surface area contributed by atoms with E-state index >= 15 is 0 Å². The number of benzene rings is 4. The molecule has 0 spiro atoms. The summed E-state index contributed by atoms with van der Waals surface area (Å²) < 4.78 is 0. The van der Waals surface area contributed by atoms with Crippen molar-refractivity contribution in [1.82, 2.24) is 10.2 Å². The average molecular weight is 505 g/mol. The number of aliphatic hydroxyl groups is 1. The van der Waals surface area contributed by atoms with E-state index in [-0.39, 0.29) is 11.8 Å². The Kier molecular flexibility index (Phi) is 7.38. The Balaban J connectivity index is 1.30. The molecular weight excluding hydrogens is 472 g/mol. The molecule has 0 saturated carbocycles. The fourth-order valence-electron chi connectivity index (χ4n) is 5.22. The summed E-state index contributed by atoms with van der Waals surface area (Å²) in [4.78, 5) is 28.1. The summed E-state index contributed by atoms with van der Waals surface area (Å²) in [5.41, 5.74) is 3.72. The number of fused-ring (bicyclic) bond motifs is 1. The van der Waals surface area contributed by atoms with Gasteiger partial charge in [0.1, 0.15) is 5.60 Å². The van der Waals surface area contributed by atoms with Gasteiger partial charge in [0.05, 0.1) is 12.5 Å². The molecule has 0 aliphatic carbocycles. The second kappa shape index (κ2) is 11.0. The predicted molar refractivity (Wildman–Crippen MR) is 149 cm³/mol. The predicted octanol–water partition coefficient (Wildman–Crippen LogP) is 4.87. The van der Waals surface area contributed by atoms with E-state index in [0.717, 1.165) is 16.7 Å². The molecular formula is C33H32N2O3. The van der Waals surface area contributed by atoms with Crippen molar-refractivity contribution in [3.63, 3.8) is 0 Å². The summed E-state index contributed by atoms with van der Waals surface area (Å²) in [7, 11) is 0. The molecule has 5 rings (SSSR count). The highest BCUT2D eigenvalue weighted by Gasteiger charge is 2.38. The highest BCUT2D eigenvalue weighted by molar-refractivity contribution is 5.95. The van der Waals surface area contributed by atoms with Crippen LogP contribution in [0.2, 0.25) is 0 Å². The Morgan fingerprint density at radius 1 is 0.842 bits per heavy atom. The van der Waals surface area contributed by atoms with E-state index in [9.17, 15) is 14.7 Å². The van der Waals surface area contributed by atoms with Crippen LogP contribution in [0.4, 0.5) is 0 Å². The SMILES string of the molecule is C[C@H](NC(=O)c1ccc2c(c1)CCN(C(=O)Cc1ccccc1)C2)C(O)(c1ccccc1)c1ccccc1. The summed E-state index contributed by atoms with van der Waals surface area (Å²) in [6, 6.07) is 33.7. The molecule has 1 aliphatic heterocycles. The van der Waals surface area contributed by atoms with Gasteiger partial charge in [0.25, 0.3) is 5.91 Å². The van der Waals surface area contributed by atoms with Gasteiger partial charge in [-0.3, -0.25) is 9.59 Å². The van der Waals surface area contributed by atoms with Crippen molar-refractivity contribution >= 4 is 11.8 Å². The third kappa shape index (κ3) is 5.24. The van der Waals surface area contributed by atoms with Crippen molar-refractivity contribution in [2.24, 2.45) is 0 Å². The fourth-order valence-corrected chi connectivity index (χ4v) is 5.22. The summed E-state index contributed by atoms with van der Waals surface area (Å²) in [5.74, 6) is -0.133. The minimum Gasteiger partial charge on any atom is -0.378 e. The molecule has 1 aliphatic rings. The quantitative estimate of drug-likeness (QED) is 0.377. The van der Waals surface area contributed by atoms with Gasteiger partial charge in [-0.25, -0.2) is 0 Å². The molecule has 0 bridgehead atoms. The van der Waals surface area contributed by atoms with E-state index in [1.165, 1.54) is 0 Å². The zero-order chi connectivity index (χ0) is 26.5.